The van der Waals surface area contributed by atoms with Crippen molar-refractivity contribution in [2.45, 2.75) is 6.42 Å². The van der Waals surface area contributed by atoms with Gasteiger partial charge in [-0.1, -0.05) is 0 Å². The standard InChI is InChI=1S/C13H13BrN4O2/c14-11-7-12(15)18-13(17-11)16-8-2-3-9-10(6-8)20-5-1-4-19-9/h2-3,6-7H,1,4-5H2,(H3,15,16,17,18). The molecular formula is C13H13BrN4O2. The van der Waals surface area contributed by atoms with Gasteiger partial charge in [-0.15, -0.1) is 0 Å². The number of ether oxygens (including phenoxy) is 2. The fraction of sp³-hybridized carbons (Fsp3) is 0.231. The molecule has 0 aliphatic carbocycles. The normalized spacial score (nSPS) is 13.7. The van der Waals surface area contributed by atoms with E-state index in [9.17, 15) is 0 Å². The summed E-state index contributed by atoms with van der Waals surface area (Å²) in [6, 6.07) is 7.25. The van der Waals surface area contributed by atoms with E-state index in [1.807, 2.05) is 18.2 Å². The number of nitrogens with two attached hydrogens (primary N) is 1. The molecule has 104 valence electrons. The summed E-state index contributed by atoms with van der Waals surface area (Å²) in [5, 5.41) is 3.09. The molecular weight excluding hydrogens is 324 g/mol. The van der Waals surface area contributed by atoms with Gasteiger partial charge in [-0.05, 0) is 28.1 Å². The Morgan fingerprint density at radius 3 is 2.70 bits per heavy atom. The van der Waals surface area contributed by atoms with Gasteiger partial charge in [0.1, 0.15) is 10.4 Å². The highest BCUT2D eigenvalue weighted by Gasteiger charge is 2.11. The zero-order valence-electron chi connectivity index (χ0n) is 10.6. The number of hydrogen-bond donors (Lipinski definition) is 2. The minimum absolute atomic E-state index is 0.392. The van der Waals surface area contributed by atoms with E-state index in [4.69, 9.17) is 15.2 Å². The fourth-order valence-corrected chi connectivity index (χ4v) is 2.26. The van der Waals surface area contributed by atoms with Crippen LogP contribution in [0.3, 0.4) is 0 Å². The zero-order valence-corrected chi connectivity index (χ0v) is 12.2. The summed E-state index contributed by atoms with van der Waals surface area (Å²) < 4.78 is 11.8. The average Bonchev–Trinajstić information content (AvgIpc) is 2.62. The quantitative estimate of drug-likeness (QED) is 0.820. The van der Waals surface area contributed by atoms with Crippen LogP contribution in [0.4, 0.5) is 17.5 Å². The molecule has 0 saturated carbocycles. The lowest BCUT2D eigenvalue weighted by molar-refractivity contribution is 0.297. The summed E-state index contributed by atoms with van der Waals surface area (Å²) >= 11 is 3.28. The second-order valence-electron chi connectivity index (χ2n) is 4.28. The number of anilines is 3. The highest BCUT2D eigenvalue weighted by atomic mass is 79.9. The maximum atomic E-state index is 5.68. The first-order valence-electron chi connectivity index (χ1n) is 6.17. The van der Waals surface area contributed by atoms with Gasteiger partial charge in [0.05, 0.1) is 13.2 Å². The summed E-state index contributed by atoms with van der Waals surface area (Å²) in [6.07, 6.45) is 0.878. The molecule has 3 N–H and O–H groups in total. The number of hydrogen-bond acceptors (Lipinski definition) is 6. The van der Waals surface area contributed by atoms with Gasteiger partial charge in [0.2, 0.25) is 5.95 Å². The molecule has 0 amide bonds. The van der Waals surface area contributed by atoms with Gasteiger partial charge in [-0.25, -0.2) is 4.98 Å². The Morgan fingerprint density at radius 1 is 1.10 bits per heavy atom. The fourth-order valence-electron chi connectivity index (χ4n) is 1.86. The predicted octanol–water partition coefficient (Wildman–Crippen LogP) is 2.73. The Bertz CT molecular complexity index is 616. The zero-order chi connectivity index (χ0) is 13.9. The van der Waals surface area contributed by atoms with Crippen LogP contribution in [-0.4, -0.2) is 23.2 Å². The van der Waals surface area contributed by atoms with E-state index in [1.54, 1.807) is 6.07 Å². The molecule has 0 atom stereocenters. The molecule has 7 heteroatoms. The third-order valence-electron chi connectivity index (χ3n) is 2.72. The first kappa shape index (κ1) is 13.0. The number of fused-ring (bicyclic) bond motifs is 1. The number of rotatable bonds is 2. The lowest BCUT2D eigenvalue weighted by atomic mass is 10.3. The molecule has 0 fully saturated rings. The first-order valence-corrected chi connectivity index (χ1v) is 6.97. The summed E-state index contributed by atoms with van der Waals surface area (Å²) in [5.74, 6) is 2.29. The monoisotopic (exact) mass is 336 g/mol. The number of nitrogens with zero attached hydrogens (tertiary/aromatic N) is 2. The lowest BCUT2D eigenvalue weighted by Gasteiger charge is -2.10. The number of benzene rings is 1. The van der Waals surface area contributed by atoms with Crippen LogP contribution in [0.2, 0.25) is 0 Å². The van der Waals surface area contributed by atoms with Crippen LogP contribution in [0.25, 0.3) is 0 Å². The largest absolute Gasteiger partial charge is 0.490 e. The second-order valence-corrected chi connectivity index (χ2v) is 5.09. The van der Waals surface area contributed by atoms with Gasteiger partial charge in [-0.2, -0.15) is 4.98 Å². The predicted molar refractivity (Wildman–Crippen MR) is 79.5 cm³/mol. The van der Waals surface area contributed by atoms with Crippen molar-refractivity contribution in [2.24, 2.45) is 0 Å². The Morgan fingerprint density at radius 2 is 1.90 bits per heavy atom. The molecule has 1 aliphatic heterocycles. The molecule has 0 bridgehead atoms. The van der Waals surface area contributed by atoms with Crippen LogP contribution in [0, 0.1) is 0 Å². The summed E-state index contributed by atoms with van der Waals surface area (Å²) in [7, 11) is 0. The van der Waals surface area contributed by atoms with Crippen LogP contribution < -0.4 is 20.5 Å². The molecule has 1 aliphatic rings. The van der Waals surface area contributed by atoms with Crippen molar-refractivity contribution in [1.29, 1.82) is 0 Å². The maximum Gasteiger partial charge on any atom is 0.230 e. The van der Waals surface area contributed by atoms with E-state index in [0.717, 1.165) is 23.6 Å². The van der Waals surface area contributed by atoms with Crippen LogP contribution in [0.5, 0.6) is 11.5 Å². The van der Waals surface area contributed by atoms with Gasteiger partial charge in [0.15, 0.2) is 11.5 Å². The SMILES string of the molecule is Nc1cc(Br)nc(Nc2ccc3c(c2)OCCCO3)n1. The molecule has 0 saturated heterocycles. The molecule has 1 aromatic heterocycles. The van der Waals surface area contributed by atoms with E-state index >= 15 is 0 Å². The molecule has 0 spiro atoms. The molecule has 0 radical (unpaired) electrons. The molecule has 6 nitrogen and oxygen atoms in total. The van der Waals surface area contributed by atoms with E-state index < -0.39 is 0 Å². The Hall–Kier alpha value is -2.02. The van der Waals surface area contributed by atoms with Crippen molar-refractivity contribution < 1.29 is 9.47 Å². The van der Waals surface area contributed by atoms with Crippen LogP contribution in [0.15, 0.2) is 28.9 Å². The lowest BCUT2D eigenvalue weighted by Crippen LogP contribution is -2.01. The third kappa shape index (κ3) is 2.93. The van der Waals surface area contributed by atoms with E-state index in [0.29, 0.717) is 29.6 Å². The van der Waals surface area contributed by atoms with Crippen molar-refractivity contribution in [3.63, 3.8) is 0 Å². The van der Waals surface area contributed by atoms with E-state index in [1.165, 1.54) is 0 Å². The van der Waals surface area contributed by atoms with Gasteiger partial charge in [0, 0.05) is 24.2 Å². The summed E-state index contributed by atoms with van der Waals surface area (Å²) in [6.45, 7) is 1.32. The summed E-state index contributed by atoms with van der Waals surface area (Å²) in [5.41, 5.74) is 6.49. The highest BCUT2D eigenvalue weighted by molar-refractivity contribution is 9.10. The second kappa shape index (κ2) is 5.54. The molecule has 2 aromatic rings. The van der Waals surface area contributed by atoms with Gasteiger partial charge >= 0.3 is 0 Å². The van der Waals surface area contributed by atoms with Crippen molar-refractivity contribution >= 4 is 33.4 Å². The van der Waals surface area contributed by atoms with Crippen molar-refractivity contribution in [3.05, 3.63) is 28.9 Å². The number of halogens is 1. The molecule has 20 heavy (non-hydrogen) atoms. The van der Waals surface area contributed by atoms with Crippen molar-refractivity contribution in [1.82, 2.24) is 9.97 Å². The Labute approximate surface area is 124 Å². The van der Waals surface area contributed by atoms with Gasteiger partial charge in [0.25, 0.3) is 0 Å². The van der Waals surface area contributed by atoms with Crippen LogP contribution >= 0.6 is 15.9 Å². The smallest absolute Gasteiger partial charge is 0.230 e. The molecule has 2 heterocycles. The summed E-state index contributed by atoms with van der Waals surface area (Å²) in [4.78, 5) is 8.32. The van der Waals surface area contributed by atoms with Crippen molar-refractivity contribution in [3.8, 4) is 11.5 Å². The molecule has 0 unspecified atom stereocenters. The topological polar surface area (TPSA) is 82.3 Å². The van der Waals surface area contributed by atoms with Gasteiger partial charge in [-0.3, -0.25) is 0 Å². The Balaban J connectivity index is 1.85. The van der Waals surface area contributed by atoms with E-state index in [-0.39, 0.29) is 0 Å². The Kier molecular flexibility index (Phi) is 3.60. The molecule has 1 aromatic carbocycles. The van der Waals surface area contributed by atoms with Crippen LogP contribution in [-0.2, 0) is 0 Å². The average molecular weight is 337 g/mol. The number of aromatic nitrogens is 2. The highest BCUT2D eigenvalue weighted by Crippen LogP contribution is 2.33. The minimum atomic E-state index is 0.392. The minimum Gasteiger partial charge on any atom is -0.490 e. The van der Waals surface area contributed by atoms with Crippen molar-refractivity contribution in [2.75, 3.05) is 24.3 Å². The maximum absolute atomic E-state index is 5.68. The van der Waals surface area contributed by atoms with E-state index in [2.05, 4.69) is 31.2 Å². The number of nitrogen functional groups attached to an aromatic ring is 1. The first-order chi connectivity index (χ1) is 9.70. The third-order valence-corrected chi connectivity index (χ3v) is 3.12. The number of nitrogens with one attached hydrogen (secondary N) is 1. The van der Waals surface area contributed by atoms with Crippen LogP contribution in [0.1, 0.15) is 6.42 Å². The van der Waals surface area contributed by atoms with Gasteiger partial charge < -0.3 is 20.5 Å². The molecule has 3 rings (SSSR count).